The topological polar surface area (TPSA) is 280 Å². The number of amides is 2. The van der Waals surface area contributed by atoms with Crippen LogP contribution in [0.3, 0.4) is 0 Å². The van der Waals surface area contributed by atoms with E-state index in [1.807, 2.05) is 130 Å². The zero-order valence-electron chi connectivity index (χ0n) is 52.2. The van der Waals surface area contributed by atoms with Crippen LogP contribution in [0, 0.1) is 20.8 Å². The van der Waals surface area contributed by atoms with Crippen molar-refractivity contribution in [1.29, 1.82) is 0 Å². The Morgan fingerprint density at radius 3 is 1.33 bits per heavy atom. The van der Waals surface area contributed by atoms with Gasteiger partial charge in [-0.05, 0) is 92.1 Å². The summed E-state index contributed by atoms with van der Waals surface area (Å²) in [5.41, 5.74) is 13.2. The number of nitrogens with zero attached hydrogens (tertiary/aromatic N) is 4. The van der Waals surface area contributed by atoms with Crippen LogP contribution in [0.25, 0.3) is 88.9 Å². The number of halogens is 1. The molecule has 0 aliphatic heterocycles. The zero-order chi connectivity index (χ0) is 68.1. The zero-order valence-corrected chi connectivity index (χ0v) is 52.9. The molecule has 0 fully saturated rings. The lowest BCUT2D eigenvalue weighted by atomic mass is 9.87. The minimum atomic E-state index is -0.293. The van der Waals surface area contributed by atoms with Gasteiger partial charge in [-0.3, -0.25) is 28.8 Å². The molecule has 4 aromatic heterocycles. The van der Waals surface area contributed by atoms with Crippen LogP contribution in [0.15, 0.2) is 224 Å². The number of ether oxygens (including phenoxy) is 1. The fourth-order valence-electron chi connectivity index (χ4n) is 13.0. The van der Waals surface area contributed by atoms with Gasteiger partial charge >= 0.3 is 0 Å². The number of hydrogen-bond acceptors (Lipinski definition) is 17. The molecule has 20 heteroatoms. The van der Waals surface area contributed by atoms with Gasteiger partial charge in [0.15, 0.2) is 57.4 Å². The average Bonchev–Trinajstić information content (AvgIpc) is 1.68. The minimum absolute atomic E-state index is 0.0854. The monoisotopic (exact) mass is 1320 g/mol. The van der Waals surface area contributed by atoms with Crippen molar-refractivity contribution in [1.82, 2.24) is 20.6 Å². The highest BCUT2D eigenvalue weighted by molar-refractivity contribution is 6.38. The Labute approximate surface area is 564 Å². The van der Waals surface area contributed by atoms with Crippen molar-refractivity contribution >= 4 is 102 Å². The van der Waals surface area contributed by atoms with E-state index in [2.05, 4.69) is 31.3 Å². The summed E-state index contributed by atoms with van der Waals surface area (Å²) in [6, 6.07) is 60.7. The summed E-state index contributed by atoms with van der Waals surface area (Å²) in [4.78, 5) is 76.8. The van der Waals surface area contributed by atoms with Crippen LogP contribution in [-0.4, -0.2) is 65.8 Å². The number of rotatable bonds is 6. The highest BCUT2D eigenvalue weighted by Crippen LogP contribution is 2.49. The van der Waals surface area contributed by atoms with Gasteiger partial charge in [0.1, 0.15) is 33.8 Å². The number of aryl methyl sites for hydroxylation is 3. The van der Waals surface area contributed by atoms with E-state index in [1.165, 1.54) is 12.1 Å². The van der Waals surface area contributed by atoms with Gasteiger partial charge in [-0.1, -0.05) is 172 Å². The van der Waals surface area contributed by atoms with E-state index in [-0.39, 0.29) is 62.6 Å². The highest BCUT2D eigenvalue weighted by Gasteiger charge is 2.37. The maximum Gasteiger partial charge on any atom is 0.258 e. The van der Waals surface area contributed by atoms with Crippen molar-refractivity contribution in [3.8, 4) is 68.3 Å². The quantitative estimate of drug-likeness (QED) is 0.120. The number of ketones is 4. The third kappa shape index (κ3) is 10.1. The Bertz CT molecular complexity index is 6020. The SMILES string of the molecule is Cc1ccc(C)c(NC(=O)c2ccc3c4c(onc24)-c2ccccc2C3=O)c1.Cc1cccc(NC(=O)c2ccc3c4c(onc24)-c2ccccc2C3=O)c1.O=C1c2ccccc2-c2onc3c(Cl)cc(O)c1c23.O=C1c2ccccc2-c2onc3c(Oc4ccccc4)cc(O)c1c23. The first kappa shape index (κ1) is 60.5. The van der Waals surface area contributed by atoms with Gasteiger partial charge in [0.25, 0.3) is 11.8 Å². The molecule has 15 aromatic rings. The summed E-state index contributed by atoms with van der Waals surface area (Å²) in [7, 11) is 0. The predicted octanol–water partition coefficient (Wildman–Crippen LogP) is 17.4. The number of aromatic nitrogens is 4. The van der Waals surface area contributed by atoms with Gasteiger partial charge in [0, 0.05) is 79.1 Å². The lowest BCUT2D eigenvalue weighted by Gasteiger charge is -2.16. The second kappa shape index (κ2) is 23.8. The first-order valence-corrected chi connectivity index (χ1v) is 31.3. The lowest BCUT2D eigenvalue weighted by Crippen LogP contribution is -2.15. The second-order valence-electron chi connectivity index (χ2n) is 23.8. The van der Waals surface area contributed by atoms with Gasteiger partial charge in [0.05, 0.1) is 48.8 Å². The Morgan fingerprint density at radius 1 is 0.394 bits per heavy atom. The number of carbonyl (C=O) groups excluding carboxylic acids is 6. The molecular weight excluding hydrogens is 1280 g/mol. The summed E-state index contributed by atoms with van der Waals surface area (Å²) in [6.45, 7) is 5.87. The Balaban J connectivity index is 0.000000104. The summed E-state index contributed by atoms with van der Waals surface area (Å²) in [6.07, 6.45) is 0. The molecule has 0 bridgehead atoms. The van der Waals surface area contributed by atoms with E-state index in [0.29, 0.717) is 151 Å². The number of nitrogens with one attached hydrogen (secondary N) is 2. The van der Waals surface area contributed by atoms with E-state index in [0.717, 1.165) is 22.4 Å². The standard InChI is InChI=1S/C23H16N2O3.C22H14N2O3.C20H11NO4.C14H6ClNO3/c1-12-7-8-13(2)18(11-12)24-23(27)17-10-9-16-19-20(17)25-28-22(19)15-6-4-3-5-14(15)21(16)26;1-12-5-4-6-13(11-12)23-22(26)17-10-9-16-18-19(17)24-27-21(18)15-8-3-2-7-14(15)20(16)25;22-14-10-15(24-11-6-2-1-3-7-11)18-17-16(14)19(23)12-8-4-5-9-13(12)20(17)25-21-18;15-8-5-9(17)10-11-12(8)16-19-14(11)7-4-2-1-3-6(7)13(10)18/h3-11H,1-2H3,(H,24,27);2-11H,1H3,(H,23,26);1-10,22H;1-5,17H. The van der Waals surface area contributed by atoms with Crippen molar-refractivity contribution in [3.05, 3.63) is 284 Å². The smallest absolute Gasteiger partial charge is 0.258 e. The summed E-state index contributed by atoms with van der Waals surface area (Å²) >= 11 is 6.01. The number of benzene rings is 11. The molecule has 2 amide bonds. The molecule has 99 heavy (non-hydrogen) atoms. The molecule has 478 valence electrons. The third-order valence-electron chi connectivity index (χ3n) is 17.6. The molecular formula is C79H47ClN6O13. The normalized spacial score (nSPS) is 12.3. The van der Waals surface area contributed by atoms with Gasteiger partial charge in [-0.2, -0.15) is 0 Å². The lowest BCUT2D eigenvalue weighted by molar-refractivity contribution is 0.101. The van der Waals surface area contributed by atoms with Crippen LogP contribution < -0.4 is 15.4 Å². The Kier molecular flexibility index (Phi) is 14.6. The molecule has 4 N–H and O–H groups in total. The van der Waals surface area contributed by atoms with E-state index in [4.69, 9.17) is 34.4 Å². The van der Waals surface area contributed by atoms with Crippen LogP contribution in [0.2, 0.25) is 5.02 Å². The van der Waals surface area contributed by atoms with Crippen LogP contribution >= 0.6 is 11.6 Å². The number of phenolic OH excluding ortho intramolecular Hbond substituents is 2. The van der Waals surface area contributed by atoms with Crippen molar-refractivity contribution in [2.45, 2.75) is 20.8 Å². The van der Waals surface area contributed by atoms with E-state index < -0.39 is 0 Å². The van der Waals surface area contributed by atoms with Crippen molar-refractivity contribution in [2.75, 3.05) is 10.6 Å². The average molecular weight is 1320 g/mol. The molecule has 4 heterocycles. The molecule has 4 aliphatic carbocycles. The number of fused-ring (bicyclic) bond motifs is 8. The van der Waals surface area contributed by atoms with Gasteiger partial charge < -0.3 is 43.7 Å². The molecule has 19 rings (SSSR count). The molecule has 0 saturated heterocycles. The largest absolute Gasteiger partial charge is 0.507 e. The number of carbonyl (C=O) groups is 6. The summed E-state index contributed by atoms with van der Waals surface area (Å²) in [5, 5.41) is 44.9. The first-order valence-electron chi connectivity index (χ1n) is 31.0. The number of aromatic hydroxyl groups is 2. The maximum atomic E-state index is 13.0. The number of anilines is 2. The number of para-hydroxylation sites is 1. The molecule has 0 spiro atoms. The highest BCUT2D eigenvalue weighted by atomic mass is 35.5. The minimum Gasteiger partial charge on any atom is -0.507 e. The molecule has 0 atom stereocenters. The molecule has 0 saturated carbocycles. The fraction of sp³-hybridized carbons (Fsp3) is 0.0380. The molecule has 4 aliphatic rings. The number of hydrogen-bond donors (Lipinski definition) is 4. The summed E-state index contributed by atoms with van der Waals surface area (Å²) < 4.78 is 27.8. The second-order valence-corrected chi connectivity index (χ2v) is 24.2. The maximum absolute atomic E-state index is 13.0. The fourth-order valence-corrected chi connectivity index (χ4v) is 13.2. The van der Waals surface area contributed by atoms with Crippen molar-refractivity contribution in [3.63, 3.8) is 0 Å². The molecule has 11 aromatic carbocycles. The van der Waals surface area contributed by atoms with Crippen LogP contribution in [-0.2, 0) is 0 Å². The van der Waals surface area contributed by atoms with Crippen LogP contribution in [0.1, 0.15) is 101 Å². The van der Waals surface area contributed by atoms with Crippen molar-refractivity contribution < 1.29 is 61.8 Å². The molecule has 0 unspecified atom stereocenters. The Morgan fingerprint density at radius 2 is 0.818 bits per heavy atom. The van der Waals surface area contributed by atoms with E-state index in [1.54, 1.807) is 84.9 Å². The van der Waals surface area contributed by atoms with E-state index in [9.17, 15) is 39.0 Å². The Hall–Kier alpha value is -13.4. The van der Waals surface area contributed by atoms with Gasteiger partial charge in [0.2, 0.25) is 0 Å². The van der Waals surface area contributed by atoms with Crippen LogP contribution in [0.5, 0.6) is 23.0 Å². The summed E-state index contributed by atoms with van der Waals surface area (Å²) in [5.74, 6) is 1.39. The van der Waals surface area contributed by atoms with Crippen LogP contribution in [0.4, 0.5) is 11.4 Å². The third-order valence-corrected chi connectivity index (χ3v) is 17.9. The molecule has 19 nitrogen and oxygen atoms in total. The number of phenols is 2. The van der Waals surface area contributed by atoms with Crippen molar-refractivity contribution in [2.24, 2.45) is 0 Å². The first-order chi connectivity index (χ1) is 48.1. The van der Waals surface area contributed by atoms with E-state index >= 15 is 0 Å². The molecule has 0 radical (unpaired) electrons. The van der Waals surface area contributed by atoms with Gasteiger partial charge in [-0.25, -0.2) is 0 Å². The van der Waals surface area contributed by atoms with Gasteiger partial charge in [-0.15, -0.1) is 0 Å². The predicted molar refractivity (Wildman–Crippen MR) is 369 cm³/mol.